The Morgan fingerprint density at radius 1 is 1.48 bits per heavy atom. The summed E-state index contributed by atoms with van der Waals surface area (Å²) in [5, 5.41) is 13.5. The molecule has 4 rings (SSSR count). The highest BCUT2D eigenvalue weighted by Crippen LogP contribution is 2.53. The number of carbonyl (C=O) groups is 1. The molecule has 33 heavy (non-hydrogen) atoms. The van der Waals surface area contributed by atoms with Crippen molar-refractivity contribution < 1.29 is 37.4 Å². The lowest BCUT2D eigenvalue weighted by atomic mass is 10.1. The number of nitrogens with one attached hydrogen (secondary N) is 1. The molecule has 2 fully saturated rings. The molecule has 2 saturated heterocycles. The Balaban J connectivity index is 1.54. The highest BCUT2D eigenvalue weighted by Gasteiger charge is 2.53. The summed E-state index contributed by atoms with van der Waals surface area (Å²) in [4.78, 5) is 23.5. The number of aromatic nitrogens is 4. The molecule has 2 aromatic rings. The van der Waals surface area contributed by atoms with Gasteiger partial charge in [-0.15, -0.1) is 0 Å². The van der Waals surface area contributed by atoms with E-state index in [9.17, 15) is 18.9 Å². The predicted octanol–water partition coefficient (Wildman–Crippen LogP) is 0.897. The highest BCUT2D eigenvalue weighted by molar-refractivity contribution is 7.51. The molecule has 0 saturated carbocycles. The smallest absolute Gasteiger partial charge is 0.406 e. The molecule has 4 heterocycles. The van der Waals surface area contributed by atoms with E-state index in [1.165, 1.54) is 10.9 Å². The zero-order chi connectivity index (χ0) is 23.9. The van der Waals surface area contributed by atoms with Crippen molar-refractivity contribution in [1.29, 1.82) is 0 Å². The Hall–Kier alpha value is -2.22. The van der Waals surface area contributed by atoms with E-state index in [2.05, 4.69) is 20.0 Å². The van der Waals surface area contributed by atoms with Gasteiger partial charge in [-0.2, -0.15) is 14.4 Å². The molecule has 4 N–H and O–H groups in total. The highest BCUT2D eigenvalue weighted by atomic mass is 31.2. The quantitative estimate of drug-likeness (QED) is 0.286. The molecule has 0 aliphatic carbocycles. The van der Waals surface area contributed by atoms with Crippen molar-refractivity contribution in [3.05, 3.63) is 12.4 Å². The number of rotatable bonds is 7. The lowest BCUT2D eigenvalue weighted by Crippen LogP contribution is -2.45. The average molecular weight is 488 g/mol. The lowest BCUT2D eigenvalue weighted by molar-refractivity contribution is -0.145. The standard InChI is InChI=1S/C18H26FN6O7P/c1-4-29-17(27)9(5-8(2)3)24-33(28)30-6-10-13(32-33)12(26)16(31-10)25-7-21-11-14(20)22-18(19)23-15(11)25/h7-10,12-13,16,26H,4-6H2,1-3H3,(H,24,28)(H2,20,22,23)/t9-,10+,12-,13+,16+,33?/m0/s1. The Labute approximate surface area is 188 Å². The van der Waals surface area contributed by atoms with E-state index < -0.39 is 50.4 Å². The second-order valence-electron chi connectivity index (χ2n) is 8.18. The van der Waals surface area contributed by atoms with Crippen LogP contribution in [0.2, 0.25) is 0 Å². The first-order valence-corrected chi connectivity index (χ1v) is 12.0. The van der Waals surface area contributed by atoms with E-state index in [0.717, 1.165) is 0 Å². The van der Waals surface area contributed by atoms with Crippen molar-refractivity contribution in [1.82, 2.24) is 24.6 Å². The molecule has 182 valence electrons. The van der Waals surface area contributed by atoms with Crippen molar-refractivity contribution in [3.63, 3.8) is 0 Å². The van der Waals surface area contributed by atoms with Gasteiger partial charge in [0.15, 0.2) is 23.2 Å². The third-order valence-corrected chi connectivity index (χ3v) is 6.90. The molecule has 13 nitrogen and oxygen atoms in total. The number of nitrogen functional groups attached to an aromatic ring is 1. The normalized spacial score (nSPS) is 30.5. The van der Waals surface area contributed by atoms with Crippen molar-refractivity contribution >= 4 is 30.7 Å². The number of carbonyl (C=O) groups excluding carboxylic acids is 1. The van der Waals surface area contributed by atoms with Gasteiger partial charge >= 0.3 is 19.8 Å². The number of esters is 1. The number of nitrogens with two attached hydrogens (primary N) is 1. The SMILES string of the molecule is CCOC(=O)[C@H](CC(C)C)NP1(=O)OC[C@H]2O[C@@H](n3cnc4c(N)nc(F)nc43)[C@@H](O)[C@@H]2O1. The number of halogens is 1. The van der Waals surface area contributed by atoms with E-state index in [0.29, 0.717) is 6.42 Å². The summed E-state index contributed by atoms with van der Waals surface area (Å²) in [5.74, 6) is -0.657. The van der Waals surface area contributed by atoms with Gasteiger partial charge in [-0.25, -0.2) is 14.6 Å². The number of hydrogen-bond donors (Lipinski definition) is 3. The van der Waals surface area contributed by atoms with Crippen LogP contribution < -0.4 is 10.8 Å². The summed E-state index contributed by atoms with van der Waals surface area (Å²) < 4.78 is 50.2. The van der Waals surface area contributed by atoms with Gasteiger partial charge in [0, 0.05) is 0 Å². The van der Waals surface area contributed by atoms with E-state index >= 15 is 0 Å². The molecule has 0 spiro atoms. The summed E-state index contributed by atoms with van der Waals surface area (Å²) in [6.45, 7) is 5.44. The predicted molar refractivity (Wildman–Crippen MR) is 111 cm³/mol. The number of aliphatic hydroxyl groups is 1. The Bertz CT molecular complexity index is 1080. The molecule has 2 aliphatic heterocycles. The number of imidazole rings is 1. The maximum atomic E-state index is 13.7. The fourth-order valence-electron chi connectivity index (χ4n) is 3.85. The zero-order valence-electron chi connectivity index (χ0n) is 18.3. The molecule has 0 aromatic carbocycles. The summed E-state index contributed by atoms with van der Waals surface area (Å²) >= 11 is 0. The molecular weight excluding hydrogens is 462 g/mol. The monoisotopic (exact) mass is 488 g/mol. The van der Waals surface area contributed by atoms with Crippen LogP contribution in [-0.4, -0.2) is 68.2 Å². The van der Waals surface area contributed by atoms with E-state index in [1.807, 2.05) is 13.8 Å². The number of ether oxygens (including phenoxy) is 2. The van der Waals surface area contributed by atoms with Crippen LogP contribution >= 0.6 is 7.75 Å². The van der Waals surface area contributed by atoms with Crippen molar-refractivity contribution in [3.8, 4) is 0 Å². The Morgan fingerprint density at radius 3 is 2.94 bits per heavy atom. The number of fused-ring (bicyclic) bond motifs is 2. The second-order valence-corrected chi connectivity index (χ2v) is 9.91. The molecule has 6 atom stereocenters. The number of hydrogen-bond acceptors (Lipinski definition) is 11. The maximum absolute atomic E-state index is 13.7. The van der Waals surface area contributed by atoms with Crippen molar-refractivity contribution in [2.45, 2.75) is 57.8 Å². The van der Waals surface area contributed by atoms with Crippen molar-refractivity contribution in [2.24, 2.45) is 5.92 Å². The summed E-state index contributed by atoms with van der Waals surface area (Å²) in [5.41, 5.74) is 5.84. The molecular formula is C18H26FN6O7P. The molecule has 0 bridgehead atoms. The Kier molecular flexibility index (Phi) is 6.67. The minimum absolute atomic E-state index is 0.0178. The van der Waals surface area contributed by atoms with Crippen LogP contribution in [-0.2, 0) is 27.9 Å². The first kappa shape index (κ1) is 23.9. The maximum Gasteiger partial charge on any atom is 0.406 e. The van der Waals surface area contributed by atoms with Crippen LogP contribution in [0.15, 0.2) is 6.33 Å². The van der Waals surface area contributed by atoms with Gasteiger partial charge in [0.25, 0.3) is 0 Å². The first-order valence-electron chi connectivity index (χ1n) is 10.5. The summed E-state index contributed by atoms with van der Waals surface area (Å²) in [6.07, 6.45) is -3.73. The van der Waals surface area contributed by atoms with Crippen LogP contribution in [0.4, 0.5) is 10.2 Å². The summed E-state index contributed by atoms with van der Waals surface area (Å²) in [7, 11) is -4.00. The van der Waals surface area contributed by atoms with Crippen LogP contribution in [0.25, 0.3) is 11.2 Å². The van der Waals surface area contributed by atoms with Crippen LogP contribution in [0.3, 0.4) is 0 Å². The topological polar surface area (TPSA) is 173 Å². The fraction of sp³-hybridized carbons (Fsp3) is 0.667. The number of nitrogens with zero attached hydrogens (tertiary/aromatic N) is 4. The molecule has 2 aromatic heterocycles. The fourth-order valence-corrected chi connectivity index (χ4v) is 5.56. The number of anilines is 1. The number of aliphatic hydroxyl groups excluding tert-OH is 1. The van der Waals surface area contributed by atoms with Crippen LogP contribution in [0.1, 0.15) is 33.4 Å². The third kappa shape index (κ3) is 4.72. The lowest BCUT2D eigenvalue weighted by Gasteiger charge is -2.33. The minimum Gasteiger partial charge on any atom is -0.465 e. The minimum atomic E-state index is -4.00. The van der Waals surface area contributed by atoms with Crippen molar-refractivity contribution in [2.75, 3.05) is 18.9 Å². The van der Waals surface area contributed by atoms with Gasteiger partial charge in [-0.1, -0.05) is 13.8 Å². The third-order valence-electron chi connectivity index (χ3n) is 5.27. The molecule has 1 unspecified atom stereocenters. The van der Waals surface area contributed by atoms with Gasteiger partial charge in [-0.05, 0) is 19.3 Å². The van der Waals surface area contributed by atoms with Gasteiger partial charge in [0.05, 0.1) is 19.5 Å². The molecule has 0 amide bonds. The van der Waals surface area contributed by atoms with Crippen LogP contribution in [0.5, 0.6) is 0 Å². The molecule has 2 aliphatic rings. The van der Waals surface area contributed by atoms with Gasteiger partial charge in [-0.3, -0.25) is 18.4 Å². The Morgan fingerprint density at radius 2 is 2.24 bits per heavy atom. The molecule has 0 radical (unpaired) electrons. The van der Waals surface area contributed by atoms with Crippen LogP contribution in [0, 0.1) is 12.0 Å². The van der Waals surface area contributed by atoms with Gasteiger partial charge in [0.1, 0.15) is 24.4 Å². The molecule has 15 heteroatoms. The van der Waals surface area contributed by atoms with Gasteiger partial charge in [0.2, 0.25) is 0 Å². The van der Waals surface area contributed by atoms with E-state index in [-0.39, 0.29) is 36.1 Å². The summed E-state index contributed by atoms with van der Waals surface area (Å²) in [6, 6.07) is -0.928. The average Bonchev–Trinajstić information content (AvgIpc) is 3.28. The largest absolute Gasteiger partial charge is 0.465 e. The van der Waals surface area contributed by atoms with E-state index in [4.69, 9.17) is 24.3 Å². The van der Waals surface area contributed by atoms with Gasteiger partial charge < -0.3 is 20.3 Å². The van der Waals surface area contributed by atoms with E-state index in [1.54, 1.807) is 6.92 Å². The first-order chi connectivity index (χ1) is 15.6. The zero-order valence-corrected chi connectivity index (χ0v) is 19.1. The second kappa shape index (κ2) is 9.20.